The SMILES string of the molecule is CC1CCCc2c1nn(C)c2C(=O)NCc1ccc(C(C)(C)C)cc1. The molecule has 0 aliphatic heterocycles. The minimum atomic E-state index is -0.0229. The molecule has 1 unspecified atom stereocenters. The van der Waals surface area contributed by atoms with Gasteiger partial charge in [0.1, 0.15) is 5.69 Å². The molecule has 1 amide bonds. The van der Waals surface area contributed by atoms with Crippen LogP contribution < -0.4 is 5.32 Å². The van der Waals surface area contributed by atoms with Crippen molar-refractivity contribution < 1.29 is 4.79 Å². The Morgan fingerprint density at radius 1 is 1.28 bits per heavy atom. The Labute approximate surface area is 150 Å². The third-order valence-electron chi connectivity index (χ3n) is 5.20. The highest BCUT2D eigenvalue weighted by Gasteiger charge is 2.27. The maximum Gasteiger partial charge on any atom is 0.270 e. The van der Waals surface area contributed by atoms with Gasteiger partial charge in [-0.15, -0.1) is 0 Å². The van der Waals surface area contributed by atoms with E-state index in [0.29, 0.717) is 12.5 Å². The van der Waals surface area contributed by atoms with Crippen LogP contribution in [0.3, 0.4) is 0 Å². The van der Waals surface area contributed by atoms with Crippen LogP contribution in [0.2, 0.25) is 0 Å². The van der Waals surface area contributed by atoms with Gasteiger partial charge in [-0.05, 0) is 35.8 Å². The van der Waals surface area contributed by atoms with Gasteiger partial charge in [-0.25, -0.2) is 0 Å². The average Bonchev–Trinajstić information content (AvgIpc) is 2.90. The molecule has 3 rings (SSSR count). The topological polar surface area (TPSA) is 46.9 Å². The molecule has 134 valence electrons. The molecule has 1 aliphatic rings. The number of amides is 1. The minimum Gasteiger partial charge on any atom is -0.347 e. The number of aryl methyl sites for hydroxylation is 1. The summed E-state index contributed by atoms with van der Waals surface area (Å²) in [5.41, 5.74) is 5.54. The van der Waals surface area contributed by atoms with E-state index in [2.05, 4.69) is 62.4 Å². The summed E-state index contributed by atoms with van der Waals surface area (Å²) in [6.07, 6.45) is 3.25. The monoisotopic (exact) mass is 339 g/mol. The molecule has 4 nitrogen and oxygen atoms in total. The molecule has 1 N–H and O–H groups in total. The van der Waals surface area contributed by atoms with Crippen molar-refractivity contribution in [2.24, 2.45) is 7.05 Å². The van der Waals surface area contributed by atoms with E-state index in [4.69, 9.17) is 0 Å². The lowest BCUT2D eigenvalue weighted by Crippen LogP contribution is -2.26. The van der Waals surface area contributed by atoms with Crippen LogP contribution in [0.4, 0.5) is 0 Å². The Hall–Kier alpha value is -2.10. The fourth-order valence-electron chi connectivity index (χ4n) is 3.63. The van der Waals surface area contributed by atoms with Crippen molar-refractivity contribution in [3.05, 3.63) is 52.3 Å². The first-order valence-electron chi connectivity index (χ1n) is 9.20. The van der Waals surface area contributed by atoms with E-state index in [1.165, 1.54) is 5.56 Å². The van der Waals surface area contributed by atoms with E-state index in [9.17, 15) is 4.79 Å². The lowest BCUT2D eigenvalue weighted by atomic mass is 9.87. The molecule has 0 fully saturated rings. The Morgan fingerprint density at radius 3 is 2.60 bits per heavy atom. The molecule has 0 radical (unpaired) electrons. The normalized spacial score (nSPS) is 17.2. The smallest absolute Gasteiger partial charge is 0.270 e. The zero-order chi connectivity index (χ0) is 18.2. The van der Waals surface area contributed by atoms with Gasteiger partial charge in [-0.3, -0.25) is 9.48 Å². The third-order valence-corrected chi connectivity index (χ3v) is 5.20. The number of benzene rings is 1. The van der Waals surface area contributed by atoms with Crippen molar-refractivity contribution in [1.29, 1.82) is 0 Å². The van der Waals surface area contributed by atoms with E-state index < -0.39 is 0 Å². The van der Waals surface area contributed by atoms with Gasteiger partial charge < -0.3 is 5.32 Å². The second kappa shape index (κ2) is 6.66. The molecule has 2 aromatic rings. The Morgan fingerprint density at radius 2 is 1.96 bits per heavy atom. The quantitative estimate of drug-likeness (QED) is 0.915. The zero-order valence-electron chi connectivity index (χ0n) is 16.0. The molecule has 0 spiro atoms. The lowest BCUT2D eigenvalue weighted by Gasteiger charge is -2.19. The van der Waals surface area contributed by atoms with Gasteiger partial charge in [0.2, 0.25) is 0 Å². The van der Waals surface area contributed by atoms with Gasteiger partial charge in [0.05, 0.1) is 5.69 Å². The van der Waals surface area contributed by atoms with Crippen molar-refractivity contribution in [3.8, 4) is 0 Å². The summed E-state index contributed by atoms with van der Waals surface area (Å²) in [5.74, 6) is 0.423. The summed E-state index contributed by atoms with van der Waals surface area (Å²) in [6, 6.07) is 8.49. The van der Waals surface area contributed by atoms with Crippen molar-refractivity contribution in [2.75, 3.05) is 0 Å². The Kier molecular flexibility index (Phi) is 4.72. The second-order valence-electron chi connectivity index (χ2n) is 8.26. The standard InChI is InChI=1S/C21H29N3O/c1-14-7-6-8-17-18(14)23-24(5)19(17)20(25)22-13-15-9-11-16(12-10-15)21(2,3)4/h9-12,14H,6-8,13H2,1-5H3,(H,22,25). The van der Waals surface area contributed by atoms with Crippen LogP contribution in [0.15, 0.2) is 24.3 Å². The molecule has 1 aliphatic carbocycles. The van der Waals surface area contributed by atoms with Crippen LogP contribution in [0.5, 0.6) is 0 Å². The summed E-state index contributed by atoms with van der Waals surface area (Å²) >= 11 is 0. The van der Waals surface area contributed by atoms with Crippen molar-refractivity contribution in [1.82, 2.24) is 15.1 Å². The molecule has 1 aromatic heterocycles. The van der Waals surface area contributed by atoms with Gasteiger partial charge in [-0.1, -0.05) is 52.0 Å². The first-order chi connectivity index (χ1) is 11.8. The first-order valence-corrected chi connectivity index (χ1v) is 9.20. The molecular weight excluding hydrogens is 310 g/mol. The zero-order valence-corrected chi connectivity index (χ0v) is 16.0. The minimum absolute atomic E-state index is 0.0229. The number of aromatic nitrogens is 2. The summed E-state index contributed by atoms with van der Waals surface area (Å²) < 4.78 is 1.75. The number of rotatable bonds is 3. The predicted molar refractivity (Wildman–Crippen MR) is 101 cm³/mol. The fourth-order valence-corrected chi connectivity index (χ4v) is 3.63. The van der Waals surface area contributed by atoms with Gasteiger partial charge in [0.25, 0.3) is 5.91 Å². The summed E-state index contributed by atoms with van der Waals surface area (Å²) in [4.78, 5) is 12.7. The van der Waals surface area contributed by atoms with Gasteiger partial charge in [0, 0.05) is 25.1 Å². The van der Waals surface area contributed by atoms with Crippen molar-refractivity contribution in [2.45, 2.75) is 64.8 Å². The first kappa shape index (κ1) is 17.7. The summed E-state index contributed by atoms with van der Waals surface area (Å²) in [6.45, 7) is 9.35. The second-order valence-corrected chi connectivity index (χ2v) is 8.26. The van der Waals surface area contributed by atoms with Crippen LogP contribution in [-0.2, 0) is 25.4 Å². The van der Waals surface area contributed by atoms with E-state index in [-0.39, 0.29) is 11.3 Å². The summed E-state index contributed by atoms with van der Waals surface area (Å²) in [7, 11) is 1.87. The highest BCUT2D eigenvalue weighted by Crippen LogP contribution is 2.32. The maximum atomic E-state index is 12.7. The lowest BCUT2D eigenvalue weighted by molar-refractivity contribution is 0.0940. The van der Waals surface area contributed by atoms with E-state index >= 15 is 0 Å². The molecule has 1 aromatic carbocycles. The van der Waals surface area contributed by atoms with Crippen LogP contribution in [0.25, 0.3) is 0 Å². The Bertz CT molecular complexity index is 766. The number of carbonyl (C=O) groups excluding carboxylic acids is 1. The van der Waals surface area contributed by atoms with Crippen LogP contribution in [-0.4, -0.2) is 15.7 Å². The highest BCUT2D eigenvalue weighted by molar-refractivity contribution is 5.94. The van der Waals surface area contributed by atoms with E-state index in [1.807, 2.05) is 7.05 Å². The van der Waals surface area contributed by atoms with Gasteiger partial charge in [0.15, 0.2) is 0 Å². The van der Waals surface area contributed by atoms with Crippen molar-refractivity contribution >= 4 is 5.91 Å². The molecule has 0 saturated heterocycles. The molecule has 0 saturated carbocycles. The van der Waals surface area contributed by atoms with Gasteiger partial charge in [-0.2, -0.15) is 5.10 Å². The maximum absolute atomic E-state index is 12.7. The van der Waals surface area contributed by atoms with Crippen LogP contribution in [0.1, 0.15) is 79.3 Å². The predicted octanol–water partition coefficient (Wildman–Crippen LogP) is 4.09. The number of hydrogen-bond donors (Lipinski definition) is 1. The average molecular weight is 339 g/mol. The van der Waals surface area contributed by atoms with Crippen LogP contribution >= 0.6 is 0 Å². The van der Waals surface area contributed by atoms with Crippen molar-refractivity contribution in [3.63, 3.8) is 0 Å². The number of carbonyl (C=O) groups is 1. The van der Waals surface area contributed by atoms with Gasteiger partial charge >= 0.3 is 0 Å². The number of nitrogens with zero attached hydrogens (tertiary/aromatic N) is 2. The van der Waals surface area contributed by atoms with E-state index in [0.717, 1.165) is 41.8 Å². The Balaban J connectivity index is 1.71. The van der Waals surface area contributed by atoms with E-state index in [1.54, 1.807) is 4.68 Å². The molecule has 1 heterocycles. The highest BCUT2D eigenvalue weighted by atomic mass is 16.2. The molecule has 25 heavy (non-hydrogen) atoms. The van der Waals surface area contributed by atoms with Crippen LogP contribution in [0, 0.1) is 0 Å². The molecule has 0 bridgehead atoms. The fraction of sp³-hybridized carbons (Fsp3) is 0.524. The molecular formula is C21H29N3O. The number of nitrogens with one attached hydrogen (secondary N) is 1. The largest absolute Gasteiger partial charge is 0.347 e. The molecule has 1 atom stereocenters. The summed E-state index contributed by atoms with van der Waals surface area (Å²) in [5, 5.41) is 7.67. The number of fused-ring (bicyclic) bond motifs is 1. The number of hydrogen-bond acceptors (Lipinski definition) is 2. The third kappa shape index (κ3) is 3.63. The molecule has 4 heteroatoms.